The maximum Gasteiger partial charge on any atom is 0.325 e. The number of aliphatic hydroxyl groups is 2. The molecule has 2 saturated carbocycles. The fourth-order valence-electron chi connectivity index (χ4n) is 7.43. The lowest BCUT2D eigenvalue weighted by Crippen LogP contribution is -2.40. The number of anilines is 1. The zero-order chi connectivity index (χ0) is 41.3. The van der Waals surface area contributed by atoms with Gasteiger partial charge in [-0.2, -0.15) is 0 Å². The van der Waals surface area contributed by atoms with E-state index in [-0.39, 0.29) is 44.5 Å². The quantitative estimate of drug-likeness (QED) is 0.0583. The summed E-state index contributed by atoms with van der Waals surface area (Å²) >= 11 is 0. The SMILES string of the molecule is CCOC(=O)[C@H](CO)CCc1cnc(C(=O)Nc2cccc(-c3cccc(CC(=O)c4cc(C5CC5)c(CN[C@H](CO)C(=O)OCC)cn4)c3C)c2C)cc1C1CC1. The first-order valence-corrected chi connectivity index (χ1v) is 20.4. The van der Waals surface area contributed by atoms with Crippen LogP contribution in [-0.2, 0) is 38.4 Å². The van der Waals surface area contributed by atoms with E-state index >= 15 is 0 Å². The van der Waals surface area contributed by atoms with E-state index in [2.05, 4.69) is 20.6 Å². The molecule has 2 fully saturated rings. The number of nitrogens with zero attached hydrogens (tertiary/aromatic N) is 2. The second-order valence-corrected chi connectivity index (χ2v) is 15.2. The Hall–Kier alpha value is -5.30. The molecule has 2 aliphatic carbocycles. The van der Waals surface area contributed by atoms with Gasteiger partial charge in [-0.15, -0.1) is 0 Å². The number of rotatable bonds is 20. The van der Waals surface area contributed by atoms with E-state index in [1.165, 1.54) is 0 Å². The molecule has 2 aromatic heterocycles. The molecule has 306 valence electrons. The van der Waals surface area contributed by atoms with E-state index in [0.717, 1.165) is 75.8 Å². The maximum absolute atomic E-state index is 13.7. The smallest absolute Gasteiger partial charge is 0.325 e. The highest BCUT2D eigenvalue weighted by Gasteiger charge is 2.30. The summed E-state index contributed by atoms with van der Waals surface area (Å²) in [5.74, 6) is -1.28. The number of Topliss-reactive ketones (excluding diaryl/α,β-unsaturated/α-hetero) is 1. The van der Waals surface area contributed by atoms with Crippen molar-refractivity contribution >= 4 is 29.3 Å². The van der Waals surface area contributed by atoms with Crippen molar-refractivity contribution in [3.8, 4) is 11.1 Å². The van der Waals surface area contributed by atoms with Crippen LogP contribution >= 0.6 is 0 Å². The number of hydrogen-bond acceptors (Lipinski definition) is 11. The fraction of sp³-hybridized carbons (Fsp3) is 0.435. The highest BCUT2D eigenvalue weighted by Crippen LogP contribution is 2.43. The van der Waals surface area contributed by atoms with E-state index in [1.807, 2.05) is 62.4 Å². The number of aliphatic hydroxyl groups excluding tert-OH is 2. The van der Waals surface area contributed by atoms with Gasteiger partial charge in [0.05, 0.1) is 32.3 Å². The first-order valence-electron chi connectivity index (χ1n) is 20.4. The second kappa shape index (κ2) is 19.4. The van der Waals surface area contributed by atoms with E-state index < -0.39 is 23.9 Å². The maximum atomic E-state index is 13.7. The third-order valence-corrected chi connectivity index (χ3v) is 11.2. The molecule has 0 radical (unpaired) electrons. The number of hydrogen-bond donors (Lipinski definition) is 4. The van der Waals surface area contributed by atoms with Crippen LogP contribution in [0.5, 0.6) is 0 Å². The molecule has 2 aliphatic rings. The summed E-state index contributed by atoms with van der Waals surface area (Å²) in [6.07, 6.45) is 8.64. The summed E-state index contributed by atoms with van der Waals surface area (Å²) in [4.78, 5) is 60.9. The van der Waals surface area contributed by atoms with Crippen LogP contribution in [0.1, 0.15) is 118 Å². The summed E-state index contributed by atoms with van der Waals surface area (Å²) in [7, 11) is 0. The number of pyridine rings is 2. The van der Waals surface area contributed by atoms with Crippen LogP contribution in [0.4, 0.5) is 5.69 Å². The Kier molecular flexibility index (Phi) is 14.2. The summed E-state index contributed by atoms with van der Waals surface area (Å²) in [5.41, 5.74) is 9.90. The van der Waals surface area contributed by atoms with Gasteiger partial charge in [0.15, 0.2) is 5.78 Å². The molecule has 4 N–H and O–H groups in total. The molecule has 1 amide bonds. The number of benzene rings is 2. The van der Waals surface area contributed by atoms with Crippen molar-refractivity contribution in [1.82, 2.24) is 15.3 Å². The number of aromatic nitrogens is 2. The van der Waals surface area contributed by atoms with Gasteiger partial charge in [0.1, 0.15) is 17.4 Å². The predicted molar refractivity (Wildman–Crippen MR) is 220 cm³/mol. The number of amides is 1. The van der Waals surface area contributed by atoms with Crippen molar-refractivity contribution < 1.29 is 38.9 Å². The zero-order valence-corrected chi connectivity index (χ0v) is 33.8. The highest BCUT2D eigenvalue weighted by molar-refractivity contribution is 6.04. The van der Waals surface area contributed by atoms with Gasteiger partial charge in [0.2, 0.25) is 0 Å². The number of nitrogens with one attached hydrogen (secondary N) is 2. The molecule has 58 heavy (non-hydrogen) atoms. The van der Waals surface area contributed by atoms with Gasteiger partial charge in [0, 0.05) is 31.0 Å². The molecular formula is C46H54N4O8. The number of carbonyl (C=O) groups is 4. The van der Waals surface area contributed by atoms with Crippen LogP contribution in [0.3, 0.4) is 0 Å². The van der Waals surface area contributed by atoms with Crippen molar-refractivity contribution in [3.63, 3.8) is 0 Å². The fourth-order valence-corrected chi connectivity index (χ4v) is 7.43. The van der Waals surface area contributed by atoms with Gasteiger partial charge in [-0.1, -0.05) is 30.3 Å². The number of ether oxygens (including phenoxy) is 2. The number of aryl methyl sites for hydroxylation is 1. The standard InChI is InChI=1S/C46H54N4O8/c1-5-57-45(55)33(25-51)18-17-32-22-48-41(21-37(32)29-13-14-29)44(54)50-39-12-8-11-36(28(39)4)35-10-7-9-31(27(35)3)19-43(53)40-20-38(30-15-16-30)34(23-47-40)24-49-42(26-52)46(56)58-6-2/h7-12,20-23,29-30,33,42,49,51-52H,5-6,13-19,24-26H2,1-4H3,(H,50,54)/t33-,42+/m0/s1. The van der Waals surface area contributed by atoms with Crippen LogP contribution in [-0.4, -0.2) is 76.3 Å². The van der Waals surface area contributed by atoms with E-state index in [0.29, 0.717) is 48.3 Å². The predicted octanol–water partition coefficient (Wildman–Crippen LogP) is 6.31. The minimum absolute atomic E-state index is 0.101. The minimum Gasteiger partial charge on any atom is -0.466 e. The Morgan fingerprint density at radius 1 is 0.759 bits per heavy atom. The molecule has 0 spiro atoms. The van der Waals surface area contributed by atoms with Gasteiger partial charge < -0.3 is 25.0 Å². The van der Waals surface area contributed by atoms with Crippen LogP contribution < -0.4 is 10.6 Å². The Bertz CT molecular complexity index is 1990. The molecule has 6 rings (SSSR count). The molecule has 0 aliphatic heterocycles. The Morgan fingerprint density at radius 3 is 2.02 bits per heavy atom. The summed E-state index contributed by atoms with van der Waals surface area (Å²) < 4.78 is 10.2. The Balaban J connectivity index is 1.15. The molecule has 2 atom stereocenters. The van der Waals surface area contributed by atoms with Crippen LogP contribution in [0.25, 0.3) is 11.1 Å². The summed E-state index contributed by atoms with van der Waals surface area (Å²) in [6, 6.07) is 14.6. The number of esters is 2. The highest BCUT2D eigenvalue weighted by atomic mass is 16.5. The molecule has 4 aromatic rings. The lowest BCUT2D eigenvalue weighted by atomic mass is 9.90. The monoisotopic (exact) mass is 790 g/mol. The summed E-state index contributed by atoms with van der Waals surface area (Å²) in [6.45, 7) is 7.55. The van der Waals surface area contributed by atoms with Crippen molar-refractivity contribution in [2.75, 3.05) is 31.7 Å². The van der Waals surface area contributed by atoms with Crippen LogP contribution in [0.15, 0.2) is 60.9 Å². The topological polar surface area (TPSA) is 177 Å². The van der Waals surface area contributed by atoms with Gasteiger partial charge >= 0.3 is 11.9 Å². The largest absolute Gasteiger partial charge is 0.466 e. The Labute approximate surface area is 339 Å². The molecular weight excluding hydrogens is 737 g/mol. The molecule has 12 heteroatoms. The first-order chi connectivity index (χ1) is 28.1. The zero-order valence-electron chi connectivity index (χ0n) is 33.8. The average Bonchev–Trinajstić information content (AvgIpc) is 4.16. The second-order valence-electron chi connectivity index (χ2n) is 15.2. The van der Waals surface area contributed by atoms with Crippen LogP contribution in [0.2, 0.25) is 0 Å². The van der Waals surface area contributed by atoms with Gasteiger partial charge in [0.25, 0.3) is 5.91 Å². The average molecular weight is 791 g/mol. The van der Waals surface area contributed by atoms with E-state index in [1.54, 1.807) is 26.2 Å². The Morgan fingerprint density at radius 2 is 1.36 bits per heavy atom. The summed E-state index contributed by atoms with van der Waals surface area (Å²) in [5, 5.41) is 25.6. The molecule has 2 aromatic carbocycles. The van der Waals surface area contributed by atoms with Crippen LogP contribution in [0, 0.1) is 19.8 Å². The molecule has 2 heterocycles. The molecule has 0 bridgehead atoms. The minimum atomic E-state index is -0.844. The molecule has 0 saturated heterocycles. The van der Waals surface area contributed by atoms with Gasteiger partial charge in [-0.05, 0) is 146 Å². The first kappa shape index (κ1) is 42.3. The van der Waals surface area contributed by atoms with Crippen molar-refractivity contribution in [1.29, 1.82) is 0 Å². The van der Waals surface area contributed by atoms with E-state index in [4.69, 9.17) is 9.47 Å². The van der Waals surface area contributed by atoms with Crippen molar-refractivity contribution in [2.24, 2.45) is 5.92 Å². The lowest BCUT2D eigenvalue weighted by Gasteiger charge is -2.17. The van der Waals surface area contributed by atoms with Gasteiger partial charge in [-0.25, -0.2) is 0 Å². The molecule has 0 unspecified atom stereocenters. The third kappa shape index (κ3) is 10.2. The normalized spacial score (nSPS) is 14.7. The van der Waals surface area contributed by atoms with E-state index in [9.17, 15) is 29.4 Å². The number of carbonyl (C=O) groups excluding carboxylic acids is 4. The molecule has 12 nitrogen and oxygen atoms in total. The van der Waals surface area contributed by atoms with Crippen molar-refractivity contribution in [2.45, 2.75) is 97.1 Å². The van der Waals surface area contributed by atoms with Crippen molar-refractivity contribution in [3.05, 3.63) is 111 Å². The lowest BCUT2D eigenvalue weighted by molar-refractivity contribution is -0.149. The number of ketones is 1. The third-order valence-electron chi connectivity index (χ3n) is 11.2. The van der Waals surface area contributed by atoms with Gasteiger partial charge in [-0.3, -0.25) is 34.5 Å².